The third-order valence-electron chi connectivity index (χ3n) is 3.38. The van der Waals surface area contributed by atoms with Crippen molar-refractivity contribution in [2.24, 2.45) is 0 Å². The smallest absolute Gasteiger partial charge is 0.274 e. The maximum absolute atomic E-state index is 12.4. The number of nitrogens with one attached hydrogen (secondary N) is 2. The minimum atomic E-state index is -0.320. The highest BCUT2D eigenvalue weighted by Gasteiger charge is 2.11. The molecule has 1 amide bonds. The van der Waals surface area contributed by atoms with E-state index in [4.69, 9.17) is 11.6 Å². The number of benzene rings is 1. The standard InChI is InChI=1S/C18H16ClN5O/c1-12-22-16(18(25)24-15-4-2-3-14(19)9-15)10-17(23-12)21-11-13-5-7-20-8-6-13/h2-10H,11H2,1H3,(H,24,25)(H,21,22,23). The second-order valence-electron chi connectivity index (χ2n) is 5.36. The molecule has 0 bridgehead atoms. The minimum absolute atomic E-state index is 0.282. The first-order valence-corrected chi connectivity index (χ1v) is 8.03. The summed E-state index contributed by atoms with van der Waals surface area (Å²) in [7, 11) is 0. The van der Waals surface area contributed by atoms with Crippen LogP contribution in [-0.2, 0) is 6.54 Å². The van der Waals surface area contributed by atoms with E-state index >= 15 is 0 Å². The Bertz CT molecular complexity index is 886. The molecule has 0 aliphatic heterocycles. The van der Waals surface area contributed by atoms with E-state index in [1.54, 1.807) is 49.6 Å². The van der Waals surface area contributed by atoms with Gasteiger partial charge < -0.3 is 10.6 Å². The maximum atomic E-state index is 12.4. The lowest BCUT2D eigenvalue weighted by Crippen LogP contribution is -2.15. The van der Waals surface area contributed by atoms with Gasteiger partial charge in [-0.2, -0.15) is 0 Å². The average Bonchev–Trinajstić information content (AvgIpc) is 2.60. The fourth-order valence-corrected chi connectivity index (χ4v) is 2.42. The Morgan fingerprint density at radius 3 is 2.68 bits per heavy atom. The Morgan fingerprint density at radius 1 is 1.12 bits per heavy atom. The summed E-state index contributed by atoms with van der Waals surface area (Å²) in [5, 5.41) is 6.52. The van der Waals surface area contributed by atoms with Crippen molar-refractivity contribution in [2.75, 3.05) is 10.6 Å². The molecular formula is C18H16ClN5O. The van der Waals surface area contributed by atoms with Gasteiger partial charge in [-0.15, -0.1) is 0 Å². The fraction of sp³-hybridized carbons (Fsp3) is 0.111. The molecule has 0 radical (unpaired) electrons. The van der Waals surface area contributed by atoms with Crippen LogP contribution in [0.15, 0.2) is 54.9 Å². The molecule has 0 atom stereocenters. The molecule has 7 heteroatoms. The van der Waals surface area contributed by atoms with Crippen LogP contribution in [-0.4, -0.2) is 20.9 Å². The first-order chi connectivity index (χ1) is 12.1. The van der Waals surface area contributed by atoms with E-state index in [9.17, 15) is 4.79 Å². The van der Waals surface area contributed by atoms with Crippen LogP contribution < -0.4 is 10.6 Å². The van der Waals surface area contributed by atoms with Crippen molar-refractivity contribution in [3.8, 4) is 0 Å². The van der Waals surface area contributed by atoms with Crippen LogP contribution in [0.2, 0.25) is 5.02 Å². The number of aromatic nitrogens is 3. The van der Waals surface area contributed by atoms with Gasteiger partial charge in [-0.1, -0.05) is 17.7 Å². The van der Waals surface area contributed by atoms with Crippen LogP contribution in [0.3, 0.4) is 0 Å². The Hall–Kier alpha value is -2.99. The second-order valence-corrected chi connectivity index (χ2v) is 5.80. The molecule has 2 aromatic heterocycles. The van der Waals surface area contributed by atoms with Crippen LogP contribution in [0, 0.1) is 6.92 Å². The van der Waals surface area contributed by atoms with Crippen molar-refractivity contribution < 1.29 is 4.79 Å². The van der Waals surface area contributed by atoms with Crippen molar-refractivity contribution in [3.05, 3.63) is 77.0 Å². The molecule has 1 aromatic carbocycles. The van der Waals surface area contributed by atoms with Crippen LogP contribution in [0.5, 0.6) is 0 Å². The van der Waals surface area contributed by atoms with Crippen molar-refractivity contribution in [3.63, 3.8) is 0 Å². The highest BCUT2D eigenvalue weighted by Crippen LogP contribution is 2.16. The molecule has 3 aromatic rings. The number of halogens is 1. The molecule has 0 fully saturated rings. The second kappa shape index (κ2) is 7.72. The molecule has 2 N–H and O–H groups in total. The highest BCUT2D eigenvalue weighted by molar-refractivity contribution is 6.30. The zero-order chi connectivity index (χ0) is 17.6. The van der Waals surface area contributed by atoms with Gasteiger partial charge >= 0.3 is 0 Å². The number of hydrogen-bond donors (Lipinski definition) is 2. The molecule has 25 heavy (non-hydrogen) atoms. The van der Waals surface area contributed by atoms with Gasteiger partial charge in [0.05, 0.1) is 0 Å². The number of hydrogen-bond acceptors (Lipinski definition) is 5. The normalized spacial score (nSPS) is 10.3. The van der Waals surface area contributed by atoms with Crippen molar-refractivity contribution >= 4 is 29.0 Å². The van der Waals surface area contributed by atoms with E-state index in [0.717, 1.165) is 5.56 Å². The van der Waals surface area contributed by atoms with E-state index in [1.165, 1.54) is 0 Å². The van der Waals surface area contributed by atoms with Crippen LogP contribution in [0.1, 0.15) is 21.9 Å². The number of nitrogens with zero attached hydrogens (tertiary/aromatic N) is 3. The molecule has 0 unspecified atom stereocenters. The van der Waals surface area contributed by atoms with Crippen LogP contribution in [0.4, 0.5) is 11.5 Å². The number of aryl methyl sites for hydroxylation is 1. The maximum Gasteiger partial charge on any atom is 0.274 e. The van der Waals surface area contributed by atoms with Crippen LogP contribution in [0.25, 0.3) is 0 Å². The largest absolute Gasteiger partial charge is 0.366 e. The van der Waals surface area contributed by atoms with Gasteiger partial charge in [-0.05, 0) is 42.8 Å². The molecular weight excluding hydrogens is 338 g/mol. The number of amides is 1. The molecule has 0 aliphatic rings. The van der Waals surface area contributed by atoms with Gasteiger partial charge in [0.1, 0.15) is 17.3 Å². The predicted octanol–water partition coefficient (Wildman–Crippen LogP) is 3.70. The van der Waals surface area contributed by atoms with Gasteiger partial charge in [0, 0.05) is 35.7 Å². The van der Waals surface area contributed by atoms with Crippen LogP contribution >= 0.6 is 11.6 Å². The summed E-state index contributed by atoms with van der Waals surface area (Å²) >= 11 is 5.93. The van der Waals surface area contributed by atoms with Gasteiger partial charge in [0.25, 0.3) is 5.91 Å². The molecule has 3 rings (SSSR count). The van der Waals surface area contributed by atoms with Gasteiger partial charge in [0.2, 0.25) is 0 Å². The third-order valence-corrected chi connectivity index (χ3v) is 3.61. The van der Waals surface area contributed by atoms with Gasteiger partial charge in [-0.3, -0.25) is 9.78 Å². The lowest BCUT2D eigenvalue weighted by molar-refractivity contribution is 0.102. The Kier molecular flexibility index (Phi) is 5.20. The van der Waals surface area contributed by atoms with E-state index in [2.05, 4.69) is 25.6 Å². The topological polar surface area (TPSA) is 79.8 Å². The number of anilines is 2. The Labute approximate surface area is 150 Å². The molecule has 0 spiro atoms. The number of carbonyl (C=O) groups excluding carboxylic acids is 1. The SMILES string of the molecule is Cc1nc(NCc2ccncc2)cc(C(=O)Nc2cccc(Cl)c2)n1. The van der Waals surface area contributed by atoms with E-state index in [-0.39, 0.29) is 11.6 Å². The summed E-state index contributed by atoms with van der Waals surface area (Å²) in [6.45, 7) is 2.32. The summed E-state index contributed by atoms with van der Waals surface area (Å²) in [5.41, 5.74) is 1.96. The monoisotopic (exact) mass is 353 g/mol. The molecule has 0 saturated heterocycles. The average molecular weight is 354 g/mol. The summed E-state index contributed by atoms with van der Waals surface area (Å²) in [6, 6.07) is 12.4. The van der Waals surface area contributed by atoms with Crippen molar-refractivity contribution in [1.29, 1.82) is 0 Å². The van der Waals surface area contributed by atoms with Gasteiger partial charge in [0.15, 0.2) is 0 Å². The molecule has 0 saturated carbocycles. The molecule has 2 heterocycles. The minimum Gasteiger partial charge on any atom is -0.366 e. The highest BCUT2D eigenvalue weighted by atomic mass is 35.5. The first-order valence-electron chi connectivity index (χ1n) is 7.65. The van der Waals surface area contributed by atoms with E-state index in [1.807, 2.05) is 12.1 Å². The quantitative estimate of drug-likeness (QED) is 0.731. The summed E-state index contributed by atoms with van der Waals surface area (Å²) in [6.07, 6.45) is 3.46. The summed E-state index contributed by atoms with van der Waals surface area (Å²) in [4.78, 5) is 24.9. The number of pyridine rings is 1. The fourth-order valence-electron chi connectivity index (χ4n) is 2.23. The third kappa shape index (κ3) is 4.74. The molecule has 0 aliphatic carbocycles. The van der Waals surface area contributed by atoms with E-state index in [0.29, 0.717) is 28.9 Å². The molecule has 6 nitrogen and oxygen atoms in total. The lowest BCUT2D eigenvalue weighted by Gasteiger charge is -2.09. The summed E-state index contributed by atoms with van der Waals surface area (Å²) < 4.78 is 0. The summed E-state index contributed by atoms with van der Waals surface area (Å²) in [5.74, 6) is 0.774. The molecule has 126 valence electrons. The predicted molar refractivity (Wildman–Crippen MR) is 97.7 cm³/mol. The lowest BCUT2D eigenvalue weighted by atomic mass is 10.2. The zero-order valence-corrected chi connectivity index (χ0v) is 14.3. The Balaban J connectivity index is 1.73. The van der Waals surface area contributed by atoms with Crippen molar-refractivity contribution in [2.45, 2.75) is 13.5 Å². The first kappa shape index (κ1) is 16.9. The van der Waals surface area contributed by atoms with Gasteiger partial charge in [-0.25, -0.2) is 9.97 Å². The Morgan fingerprint density at radius 2 is 1.92 bits per heavy atom. The number of carbonyl (C=O) groups is 1. The van der Waals surface area contributed by atoms with Crippen molar-refractivity contribution in [1.82, 2.24) is 15.0 Å². The zero-order valence-electron chi connectivity index (χ0n) is 13.5. The number of rotatable bonds is 5. The van der Waals surface area contributed by atoms with E-state index < -0.39 is 0 Å².